The van der Waals surface area contributed by atoms with E-state index in [1.807, 2.05) is 60.7 Å². The Morgan fingerprint density at radius 1 is 0.545 bits per heavy atom. The maximum atomic E-state index is 13.3. The molecule has 7 rings (SSSR count). The molecule has 0 radical (unpaired) electrons. The van der Waals surface area contributed by atoms with Crippen LogP contribution in [0.3, 0.4) is 0 Å². The molecule has 0 aliphatic rings. The van der Waals surface area contributed by atoms with Crippen molar-refractivity contribution in [3.63, 3.8) is 0 Å². The van der Waals surface area contributed by atoms with Crippen LogP contribution in [0.2, 0.25) is 0 Å². The van der Waals surface area contributed by atoms with Crippen molar-refractivity contribution in [1.82, 2.24) is 9.97 Å². The number of fused-ring (bicyclic) bond motifs is 2. The van der Waals surface area contributed by atoms with E-state index >= 15 is 0 Å². The smallest absolute Gasteiger partial charge is 0.256 e. The molecule has 0 fully saturated rings. The van der Waals surface area contributed by atoms with Crippen LogP contribution < -0.4 is 10.6 Å². The predicted molar refractivity (Wildman–Crippen MR) is 182 cm³/mol. The number of amides is 2. The van der Waals surface area contributed by atoms with Gasteiger partial charge in [-0.2, -0.15) is 0 Å². The van der Waals surface area contributed by atoms with Crippen molar-refractivity contribution in [3.05, 3.63) is 131 Å². The SMILES string of the molecule is Cc1ccc2nc(-c3ccc(NC(=O)c4ccccc4C(=O)Nc4ccc(-c5nc6ccc(C)cc6s5)cc4)cc3)sc2c1. The number of carbonyl (C=O) groups excluding carboxylic acids is 2. The van der Waals surface area contributed by atoms with E-state index in [0.717, 1.165) is 41.6 Å². The van der Waals surface area contributed by atoms with Crippen molar-refractivity contribution in [1.29, 1.82) is 0 Å². The summed E-state index contributed by atoms with van der Waals surface area (Å²) in [5.74, 6) is -0.722. The third kappa shape index (κ3) is 5.60. The second kappa shape index (κ2) is 11.5. The van der Waals surface area contributed by atoms with Crippen molar-refractivity contribution in [2.45, 2.75) is 13.8 Å². The largest absolute Gasteiger partial charge is 0.322 e. The predicted octanol–water partition coefficient (Wildman–Crippen LogP) is 9.36. The van der Waals surface area contributed by atoms with Gasteiger partial charge in [0.1, 0.15) is 10.0 Å². The summed E-state index contributed by atoms with van der Waals surface area (Å²) in [5.41, 5.74) is 8.15. The number of hydrogen-bond donors (Lipinski definition) is 2. The lowest BCUT2D eigenvalue weighted by atomic mass is 10.1. The summed E-state index contributed by atoms with van der Waals surface area (Å²) in [4.78, 5) is 36.1. The standard InChI is InChI=1S/C36H26N4O2S2/c1-21-7-17-29-31(19-21)43-35(39-29)23-9-13-25(14-10-23)37-33(41)27-5-3-4-6-28(27)34(42)38-26-15-11-24(12-16-26)36-40-30-18-8-22(2)20-32(30)44-36/h3-20H,1-2H3,(H,37,41)(H,38,42). The van der Waals surface area contributed by atoms with Crippen LogP contribution in [0.1, 0.15) is 31.8 Å². The Labute approximate surface area is 262 Å². The maximum absolute atomic E-state index is 13.3. The molecule has 0 unspecified atom stereocenters. The first-order valence-corrected chi connectivity index (χ1v) is 15.7. The van der Waals surface area contributed by atoms with Gasteiger partial charge in [0, 0.05) is 22.5 Å². The Morgan fingerprint density at radius 2 is 0.955 bits per heavy atom. The van der Waals surface area contributed by atoms with E-state index < -0.39 is 0 Å². The van der Waals surface area contributed by atoms with Crippen molar-refractivity contribution < 1.29 is 9.59 Å². The molecule has 214 valence electrons. The highest BCUT2D eigenvalue weighted by Gasteiger charge is 2.18. The zero-order chi connectivity index (χ0) is 30.2. The molecule has 44 heavy (non-hydrogen) atoms. The summed E-state index contributed by atoms with van der Waals surface area (Å²) in [7, 11) is 0. The summed E-state index contributed by atoms with van der Waals surface area (Å²) in [6.07, 6.45) is 0. The topological polar surface area (TPSA) is 84.0 Å². The molecule has 2 amide bonds. The van der Waals surface area contributed by atoms with Gasteiger partial charge in [-0.25, -0.2) is 9.97 Å². The van der Waals surface area contributed by atoms with E-state index in [9.17, 15) is 9.59 Å². The fourth-order valence-corrected chi connectivity index (χ4v) is 7.12. The Kier molecular flexibility index (Phi) is 7.21. The van der Waals surface area contributed by atoms with Gasteiger partial charge in [-0.05, 0) is 110 Å². The summed E-state index contributed by atoms with van der Waals surface area (Å²) < 4.78 is 2.29. The number of thiazole rings is 2. The van der Waals surface area contributed by atoms with Gasteiger partial charge in [0.25, 0.3) is 11.8 Å². The highest BCUT2D eigenvalue weighted by molar-refractivity contribution is 7.22. The Morgan fingerprint density at radius 3 is 1.36 bits per heavy atom. The van der Waals surface area contributed by atoms with Gasteiger partial charge in [0.15, 0.2) is 0 Å². The number of anilines is 2. The molecule has 2 aromatic heterocycles. The van der Waals surface area contributed by atoms with Gasteiger partial charge in [-0.1, -0.05) is 24.3 Å². The summed E-state index contributed by atoms with van der Waals surface area (Å²) >= 11 is 3.28. The third-order valence-corrected chi connectivity index (χ3v) is 9.42. The third-order valence-electron chi connectivity index (χ3n) is 7.28. The van der Waals surface area contributed by atoms with E-state index in [2.05, 4.69) is 48.7 Å². The Hall–Kier alpha value is -5.18. The number of hydrogen-bond acceptors (Lipinski definition) is 6. The molecule has 7 aromatic rings. The normalized spacial score (nSPS) is 11.1. The van der Waals surface area contributed by atoms with Crippen LogP contribution in [0, 0.1) is 13.8 Å². The quantitative estimate of drug-likeness (QED) is 0.197. The van der Waals surface area contributed by atoms with Crippen molar-refractivity contribution in [2.24, 2.45) is 0 Å². The molecular formula is C36H26N4O2S2. The number of nitrogens with one attached hydrogen (secondary N) is 2. The van der Waals surface area contributed by atoms with E-state index in [1.165, 1.54) is 11.1 Å². The number of rotatable bonds is 6. The molecule has 6 nitrogen and oxygen atoms in total. The molecule has 5 aromatic carbocycles. The fourth-order valence-electron chi connectivity index (χ4n) is 4.98. The molecule has 0 aliphatic heterocycles. The van der Waals surface area contributed by atoms with Gasteiger partial charge in [-0.3, -0.25) is 9.59 Å². The summed E-state index contributed by atoms with van der Waals surface area (Å²) in [6.45, 7) is 4.14. The Balaban J connectivity index is 1.04. The molecule has 0 bridgehead atoms. The van der Waals surface area contributed by atoms with E-state index in [1.54, 1.807) is 46.9 Å². The first-order chi connectivity index (χ1) is 21.4. The second-order valence-electron chi connectivity index (χ2n) is 10.6. The molecular weight excluding hydrogens is 585 g/mol. The molecule has 0 aliphatic carbocycles. The number of nitrogens with zero attached hydrogens (tertiary/aromatic N) is 2. The maximum Gasteiger partial charge on any atom is 0.256 e. The highest BCUT2D eigenvalue weighted by Crippen LogP contribution is 2.33. The summed E-state index contributed by atoms with van der Waals surface area (Å²) in [5, 5.41) is 7.71. The van der Waals surface area contributed by atoms with Crippen molar-refractivity contribution in [3.8, 4) is 21.1 Å². The van der Waals surface area contributed by atoms with Gasteiger partial charge in [-0.15, -0.1) is 22.7 Å². The zero-order valence-corrected chi connectivity index (χ0v) is 25.6. The van der Waals surface area contributed by atoms with Crippen molar-refractivity contribution in [2.75, 3.05) is 10.6 Å². The van der Waals surface area contributed by atoms with Gasteiger partial charge >= 0.3 is 0 Å². The van der Waals surface area contributed by atoms with Crippen LogP contribution >= 0.6 is 22.7 Å². The lowest BCUT2D eigenvalue weighted by Crippen LogP contribution is -2.20. The Bertz CT molecular complexity index is 2020. The second-order valence-corrected chi connectivity index (χ2v) is 12.7. The summed E-state index contributed by atoms with van der Waals surface area (Å²) in [6, 6.07) is 34.4. The average molecular weight is 611 g/mol. The van der Waals surface area contributed by atoms with Gasteiger partial charge in [0.2, 0.25) is 0 Å². The van der Waals surface area contributed by atoms with Crippen molar-refractivity contribution >= 4 is 66.3 Å². The molecule has 2 N–H and O–H groups in total. The lowest BCUT2D eigenvalue weighted by Gasteiger charge is -2.11. The minimum atomic E-state index is -0.361. The van der Waals surface area contributed by atoms with Crippen LogP contribution in [-0.2, 0) is 0 Å². The number of aromatic nitrogens is 2. The van der Waals surface area contributed by atoms with Crippen LogP contribution in [0.25, 0.3) is 41.6 Å². The average Bonchev–Trinajstić information content (AvgIpc) is 3.65. The van der Waals surface area contributed by atoms with E-state index in [-0.39, 0.29) is 22.9 Å². The monoisotopic (exact) mass is 610 g/mol. The molecule has 0 spiro atoms. The van der Waals surface area contributed by atoms with Crippen LogP contribution in [0.15, 0.2) is 109 Å². The molecule has 0 atom stereocenters. The van der Waals surface area contributed by atoms with Crippen LogP contribution in [-0.4, -0.2) is 21.8 Å². The highest BCUT2D eigenvalue weighted by atomic mass is 32.1. The fraction of sp³-hybridized carbons (Fsp3) is 0.0556. The minimum Gasteiger partial charge on any atom is -0.322 e. The van der Waals surface area contributed by atoms with E-state index in [4.69, 9.17) is 9.97 Å². The number of aryl methyl sites for hydroxylation is 2. The first kappa shape index (κ1) is 27.6. The molecule has 0 saturated carbocycles. The minimum absolute atomic E-state index is 0.289. The lowest BCUT2D eigenvalue weighted by molar-refractivity contribution is 0.0990. The zero-order valence-electron chi connectivity index (χ0n) is 23.9. The van der Waals surface area contributed by atoms with Gasteiger partial charge in [0.05, 0.1) is 31.6 Å². The number of carbonyl (C=O) groups is 2. The number of benzene rings is 5. The van der Waals surface area contributed by atoms with E-state index in [0.29, 0.717) is 11.4 Å². The molecule has 0 saturated heterocycles. The first-order valence-electron chi connectivity index (χ1n) is 14.1. The van der Waals surface area contributed by atoms with Crippen LogP contribution in [0.5, 0.6) is 0 Å². The van der Waals surface area contributed by atoms with Crippen LogP contribution in [0.4, 0.5) is 11.4 Å². The molecule has 2 heterocycles. The van der Waals surface area contributed by atoms with Gasteiger partial charge < -0.3 is 10.6 Å². The molecule has 8 heteroatoms.